The lowest BCUT2D eigenvalue weighted by atomic mass is 10.0. The van der Waals surface area contributed by atoms with Gasteiger partial charge in [0.15, 0.2) is 0 Å². The summed E-state index contributed by atoms with van der Waals surface area (Å²) in [4.78, 5) is 21.3. The van der Waals surface area contributed by atoms with Crippen molar-refractivity contribution in [2.75, 3.05) is 10.5 Å². The molecule has 0 amide bonds. The molecule has 1 rings (SSSR count). The number of sulfonamides is 1. The van der Waals surface area contributed by atoms with Crippen LogP contribution in [-0.4, -0.2) is 36.3 Å². The second-order valence-corrected chi connectivity index (χ2v) is 6.08. The molecule has 1 aromatic rings. The third-order valence-corrected chi connectivity index (χ3v) is 3.89. The molecule has 0 heterocycles. The van der Waals surface area contributed by atoms with Crippen LogP contribution < -0.4 is 4.72 Å². The lowest BCUT2D eigenvalue weighted by Gasteiger charge is -2.14. The van der Waals surface area contributed by atoms with E-state index in [0.717, 1.165) is 0 Å². The van der Waals surface area contributed by atoms with Gasteiger partial charge < -0.3 is 10.2 Å². The van der Waals surface area contributed by atoms with Crippen LogP contribution in [0.3, 0.4) is 0 Å². The van der Waals surface area contributed by atoms with E-state index in [4.69, 9.17) is 10.2 Å². The second-order valence-electron chi connectivity index (χ2n) is 4.31. The third kappa shape index (κ3) is 6.19. The van der Waals surface area contributed by atoms with Crippen LogP contribution in [0.4, 0.5) is 5.69 Å². The predicted molar refractivity (Wildman–Crippen MR) is 71.8 cm³/mol. The van der Waals surface area contributed by atoms with Gasteiger partial charge in [-0.3, -0.25) is 14.3 Å². The first-order valence-electron chi connectivity index (χ1n) is 5.77. The number of rotatable bonds is 8. The minimum Gasteiger partial charge on any atom is -0.481 e. The largest absolute Gasteiger partial charge is 0.481 e. The topological polar surface area (TPSA) is 121 Å². The number of carboxylic acid groups (broad SMARTS) is 2. The van der Waals surface area contributed by atoms with Gasteiger partial charge in [-0.1, -0.05) is 18.2 Å². The first-order valence-corrected chi connectivity index (χ1v) is 7.43. The maximum Gasteiger partial charge on any atom is 0.303 e. The molecular weight excluding hydrogens is 286 g/mol. The molecule has 0 fully saturated rings. The molecule has 0 unspecified atom stereocenters. The van der Waals surface area contributed by atoms with Crippen LogP contribution in [0.5, 0.6) is 0 Å². The van der Waals surface area contributed by atoms with Gasteiger partial charge in [-0.05, 0) is 18.1 Å². The van der Waals surface area contributed by atoms with Crippen molar-refractivity contribution in [2.45, 2.75) is 12.8 Å². The Morgan fingerprint density at radius 3 is 2.00 bits per heavy atom. The van der Waals surface area contributed by atoms with E-state index in [9.17, 15) is 18.0 Å². The van der Waals surface area contributed by atoms with E-state index in [1.54, 1.807) is 30.3 Å². The van der Waals surface area contributed by atoms with Crippen LogP contribution in [0.25, 0.3) is 0 Å². The first kappa shape index (κ1) is 16.0. The summed E-state index contributed by atoms with van der Waals surface area (Å²) in [7, 11) is -3.80. The van der Waals surface area contributed by atoms with Crippen LogP contribution >= 0.6 is 0 Å². The molecule has 0 saturated heterocycles. The first-order chi connectivity index (χ1) is 9.28. The van der Waals surface area contributed by atoms with Gasteiger partial charge in [0.2, 0.25) is 10.0 Å². The number of nitrogens with one attached hydrogen (secondary N) is 1. The number of hydrogen-bond donors (Lipinski definition) is 3. The number of benzene rings is 1. The normalized spacial score (nSPS) is 11.2. The molecule has 0 bridgehead atoms. The summed E-state index contributed by atoms with van der Waals surface area (Å²) in [6, 6.07) is 8.09. The average molecular weight is 301 g/mol. The molecule has 0 aliphatic carbocycles. The highest BCUT2D eigenvalue weighted by Crippen LogP contribution is 2.15. The average Bonchev–Trinajstić information content (AvgIpc) is 2.26. The zero-order valence-corrected chi connectivity index (χ0v) is 11.3. The second kappa shape index (κ2) is 6.90. The van der Waals surface area contributed by atoms with Crippen molar-refractivity contribution < 1.29 is 28.2 Å². The minimum atomic E-state index is -3.80. The summed E-state index contributed by atoms with van der Waals surface area (Å²) in [6.45, 7) is 0. The van der Waals surface area contributed by atoms with Crippen molar-refractivity contribution in [1.82, 2.24) is 0 Å². The minimum absolute atomic E-state index is 0.344. The zero-order valence-electron chi connectivity index (χ0n) is 10.5. The van der Waals surface area contributed by atoms with E-state index in [1.165, 1.54) is 0 Å². The summed E-state index contributed by atoms with van der Waals surface area (Å²) in [5, 5.41) is 17.4. The lowest BCUT2D eigenvalue weighted by Crippen LogP contribution is -2.26. The van der Waals surface area contributed by atoms with E-state index in [1.807, 2.05) is 0 Å². The Hall–Kier alpha value is -2.09. The summed E-state index contributed by atoms with van der Waals surface area (Å²) in [6.07, 6.45) is -1.02. The Kier molecular flexibility index (Phi) is 5.51. The number of carbonyl (C=O) groups is 2. The van der Waals surface area contributed by atoms with Crippen molar-refractivity contribution in [3.8, 4) is 0 Å². The molecular formula is C12H15NO6S. The Bertz CT molecular complexity index is 553. The van der Waals surface area contributed by atoms with Crippen LogP contribution in [-0.2, 0) is 19.6 Å². The molecule has 7 nitrogen and oxygen atoms in total. The molecule has 0 atom stereocenters. The Morgan fingerprint density at radius 1 is 1.05 bits per heavy atom. The maximum absolute atomic E-state index is 11.9. The quantitative estimate of drug-likeness (QED) is 0.658. The van der Waals surface area contributed by atoms with Crippen molar-refractivity contribution in [3.63, 3.8) is 0 Å². The van der Waals surface area contributed by atoms with Gasteiger partial charge in [0.25, 0.3) is 0 Å². The van der Waals surface area contributed by atoms with Gasteiger partial charge in [0.1, 0.15) is 0 Å². The van der Waals surface area contributed by atoms with Crippen molar-refractivity contribution in [2.24, 2.45) is 5.92 Å². The van der Waals surface area contributed by atoms with Crippen molar-refractivity contribution in [3.05, 3.63) is 30.3 Å². The van der Waals surface area contributed by atoms with E-state index in [0.29, 0.717) is 5.69 Å². The fourth-order valence-electron chi connectivity index (χ4n) is 1.72. The Labute approximate surface area is 116 Å². The van der Waals surface area contributed by atoms with Gasteiger partial charge in [0, 0.05) is 18.5 Å². The molecule has 20 heavy (non-hydrogen) atoms. The number of hydrogen-bond acceptors (Lipinski definition) is 4. The van der Waals surface area contributed by atoms with Crippen LogP contribution in [0.1, 0.15) is 12.8 Å². The fourth-order valence-corrected chi connectivity index (χ4v) is 3.16. The highest BCUT2D eigenvalue weighted by molar-refractivity contribution is 7.92. The number of anilines is 1. The smallest absolute Gasteiger partial charge is 0.303 e. The molecule has 0 radical (unpaired) electrons. The van der Waals surface area contributed by atoms with E-state index >= 15 is 0 Å². The molecule has 3 N–H and O–H groups in total. The van der Waals surface area contributed by atoms with Crippen LogP contribution in [0, 0.1) is 5.92 Å². The third-order valence-electron chi connectivity index (χ3n) is 2.43. The number of para-hydroxylation sites is 1. The van der Waals surface area contributed by atoms with Crippen LogP contribution in [0.15, 0.2) is 30.3 Å². The van der Waals surface area contributed by atoms with E-state index < -0.39 is 46.5 Å². The van der Waals surface area contributed by atoms with E-state index in [-0.39, 0.29) is 0 Å². The molecule has 0 aromatic heterocycles. The summed E-state index contributed by atoms with van der Waals surface area (Å²) in [5.74, 6) is -4.00. The van der Waals surface area contributed by atoms with Crippen LogP contribution in [0.2, 0.25) is 0 Å². The van der Waals surface area contributed by atoms with Gasteiger partial charge in [-0.2, -0.15) is 0 Å². The Balaban J connectivity index is 2.75. The van der Waals surface area contributed by atoms with Gasteiger partial charge >= 0.3 is 11.9 Å². The van der Waals surface area contributed by atoms with Gasteiger partial charge in [-0.25, -0.2) is 8.42 Å². The van der Waals surface area contributed by atoms with Gasteiger partial charge in [0.05, 0.1) is 5.75 Å². The summed E-state index contributed by atoms with van der Waals surface area (Å²) >= 11 is 0. The molecule has 8 heteroatoms. The highest BCUT2D eigenvalue weighted by Gasteiger charge is 2.24. The molecule has 0 saturated carbocycles. The zero-order chi connectivity index (χ0) is 15.2. The van der Waals surface area contributed by atoms with Crippen molar-refractivity contribution in [1.29, 1.82) is 0 Å². The Morgan fingerprint density at radius 2 is 1.55 bits per heavy atom. The van der Waals surface area contributed by atoms with Gasteiger partial charge in [-0.15, -0.1) is 0 Å². The summed E-state index contributed by atoms with van der Waals surface area (Å²) < 4.78 is 26.0. The molecule has 110 valence electrons. The molecule has 0 spiro atoms. The standard InChI is InChI=1S/C12H15NO6S/c14-11(15)6-9(7-12(16)17)8-20(18,19)13-10-4-2-1-3-5-10/h1-5,9,13H,6-8H2,(H,14,15)(H,16,17). The number of carboxylic acids is 2. The fraction of sp³-hybridized carbons (Fsp3) is 0.333. The lowest BCUT2D eigenvalue weighted by molar-refractivity contribution is -0.140. The van der Waals surface area contributed by atoms with Crippen molar-refractivity contribution >= 4 is 27.6 Å². The molecule has 0 aliphatic heterocycles. The highest BCUT2D eigenvalue weighted by atomic mass is 32.2. The monoisotopic (exact) mass is 301 g/mol. The number of aliphatic carboxylic acids is 2. The molecule has 0 aliphatic rings. The SMILES string of the molecule is O=C(O)CC(CC(=O)O)CS(=O)(=O)Nc1ccccc1. The predicted octanol–water partition coefficient (Wildman–Crippen LogP) is 0.994. The maximum atomic E-state index is 11.9. The van der Waals surface area contributed by atoms with E-state index in [2.05, 4.69) is 4.72 Å². The summed E-state index contributed by atoms with van der Waals surface area (Å²) in [5.41, 5.74) is 0.344. The molecule has 1 aromatic carbocycles.